The molecule has 116 valence electrons. The molecule has 0 saturated carbocycles. The Labute approximate surface area is 130 Å². The van der Waals surface area contributed by atoms with Gasteiger partial charge in [0, 0.05) is 12.0 Å². The maximum atomic E-state index is 11.9. The molecule has 2 aromatic rings. The molecule has 0 aliphatic carbocycles. The number of hydrogen-bond acceptors (Lipinski definition) is 4. The maximum absolute atomic E-state index is 11.9. The predicted octanol–water partition coefficient (Wildman–Crippen LogP) is 3.40. The molecule has 2 rings (SSSR count). The summed E-state index contributed by atoms with van der Waals surface area (Å²) in [4.78, 5) is 20.8. The van der Waals surface area contributed by atoms with Gasteiger partial charge in [0.2, 0.25) is 5.91 Å². The van der Waals surface area contributed by atoms with Crippen LogP contribution in [0.15, 0.2) is 30.5 Å². The molecule has 5 nitrogen and oxygen atoms in total. The average Bonchev–Trinajstić information content (AvgIpc) is 2.47. The van der Waals surface area contributed by atoms with Crippen LogP contribution in [0.2, 0.25) is 0 Å². The number of aromatic nitrogens is 2. The van der Waals surface area contributed by atoms with Crippen molar-refractivity contribution in [2.24, 2.45) is 5.92 Å². The summed E-state index contributed by atoms with van der Waals surface area (Å²) in [7, 11) is 0. The van der Waals surface area contributed by atoms with Crippen molar-refractivity contribution in [2.45, 2.75) is 33.6 Å². The van der Waals surface area contributed by atoms with Gasteiger partial charge in [-0.15, -0.1) is 0 Å². The van der Waals surface area contributed by atoms with Crippen LogP contribution >= 0.6 is 0 Å². The van der Waals surface area contributed by atoms with E-state index in [0.717, 1.165) is 17.0 Å². The van der Waals surface area contributed by atoms with E-state index in [9.17, 15) is 9.90 Å². The van der Waals surface area contributed by atoms with E-state index in [1.807, 2.05) is 20.8 Å². The van der Waals surface area contributed by atoms with E-state index >= 15 is 0 Å². The number of phenolic OH excluding ortho intramolecular Hbond substituents is 1. The highest BCUT2D eigenvalue weighted by molar-refractivity contribution is 5.90. The highest BCUT2D eigenvalue weighted by Gasteiger charge is 2.12. The summed E-state index contributed by atoms with van der Waals surface area (Å²) >= 11 is 0. The van der Waals surface area contributed by atoms with Crippen molar-refractivity contribution in [1.82, 2.24) is 9.97 Å². The van der Waals surface area contributed by atoms with Gasteiger partial charge < -0.3 is 10.4 Å². The average molecular weight is 299 g/mol. The largest absolute Gasteiger partial charge is 0.508 e. The lowest BCUT2D eigenvalue weighted by Gasteiger charge is -2.11. The summed E-state index contributed by atoms with van der Waals surface area (Å²) in [6.07, 6.45) is 2.78. The number of carbonyl (C=O) groups excluding carboxylic acids is 1. The van der Waals surface area contributed by atoms with Gasteiger partial charge in [0.05, 0.1) is 17.6 Å². The third-order valence-corrected chi connectivity index (χ3v) is 3.19. The highest BCUT2D eigenvalue weighted by atomic mass is 16.3. The van der Waals surface area contributed by atoms with Crippen molar-refractivity contribution in [3.63, 3.8) is 0 Å². The number of carbonyl (C=O) groups is 1. The van der Waals surface area contributed by atoms with Crippen LogP contribution in [0, 0.1) is 5.92 Å². The number of nitrogens with one attached hydrogen (secondary N) is 1. The van der Waals surface area contributed by atoms with Gasteiger partial charge in [0.1, 0.15) is 5.75 Å². The fourth-order valence-electron chi connectivity index (χ4n) is 2.10. The predicted molar refractivity (Wildman–Crippen MR) is 86.6 cm³/mol. The molecule has 0 bridgehead atoms. The van der Waals surface area contributed by atoms with Gasteiger partial charge in [-0.2, -0.15) is 0 Å². The first kappa shape index (κ1) is 15.9. The smallest absolute Gasteiger partial charge is 0.225 e. The highest BCUT2D eigenvalue weighted by Crippen LogP contribution is 2.22. The molecule has 1 aromatic heterocycles. The summed E-state index contributed by atoms with van der Waals surface area (Å²) in [5.74, 6) is 0.992. The molecule has 0 saturated heterocycles. The van der Waals surface area contributed by atoms with E-state index in [4.69, 9.17) is 0 Å². The molecule has 0 unspecified atom stereocenters. The van der Waals surface area contributed by atoms with Crippen LogP contribution in [0.25, 0.3) is 11.3 Å². The van der Waals surface area contributed by atoms with Gasteiger partial charge in [-0.3, -0.25) is 4.79 Å². The molecule has 22 heavy (non-hydrogen) atoms. The number of phenols is 1. The fourth-order valence-corrected chi connectivity index (χ4v) is 2.10. The van der Waals surface area contributed by atoms with E-state index in [2.05, 4.69) is 15.3 Å². The third kappa shape index (κ3) is 4.04. The molecular formula is C17H21N3O2. The lowest BCUT2D eigenvalue weighted by Crippen LogP contribution is -2.16. The molecule has 0 spiro atoms. The second-order valence-corrected chi connectivity index (χ2v) is 5.60. The Morgan fingerprint density at radius 3 is 2.55 bits per heavy atom. The summed E-state index contributed by atoms with van der Waals surface area (Å²) in [5, 5.41) is 12.2. The minimum atomic E-state index is -0.0450. The molecule has 0 radical (unpaired) electrons. The van der Waals surface area contributed by atoms with Gasteiger partial charge in [-0.25, -0.2) is 9.97 Å². The molecule has 0 aliphatic rings. The first-order valence-electron chi connectivity index (χ1n) is 7.44. The molecule has 2 N–H and O–H groups in total. The molecular weight excluding hydrogens is 278 g/mol. The van der Waals surface area contributed by atoms with Gasteiger partial charge in [-0.05, 0) is 36.6 Å². The number of aromatic hydroxyl groups is 1. The van der Waals surface area contributed by atoms with Crippen molar-refractivity contribution in [1.29, 1.82) is 0 Å². The Hall–Kier alpha value is -2.43. The van der Waals surface area contributed by atoms with Gasteiger partial charge in [0.15, 0.2) is 5.82 Å². The lowest BCUT2D eigenvalue weighted by molar-refractivity contribution is -0.116. The van der Waals surface area contributed by atoms with E-state index in [1.165, 1.54) is 0 Å². The molecule has 1 heterocycles. The summed E-state index contributed by atoms with van der Waals surface area (Å²) in [6, 6.07) is 6.80. The second kappa shape index (κ2) is 7.02. The number of aryl methyl sites for hydroxylation is 1. The first-order chi connectivity index (χ1) is 10.5. The minimum Gasteiger partial charge on any atom is -0.508 e. The standard InChI is InChI=1S/C17H21N3O2/c1-4-14-17(20-16(22)9-11(2)3)18-10-15(19-14)12-5-7-13(21)8-6-12/h5-8,10-11,21H,4,9H2,1-3H3,(H,18,20,22). The van der Waals surface area contributed by atoms with Gasteiger partial charge in [0.25, 0.3) is 0 Å². The van der Waals surface area contributed by atoms with Crippen molar-refractivity contribution in [2.75, 3.05) is 5.32 Å². The normalized spacial score (nSPS) is 10.7. The molecule has 1 amide bonds. The van der Waals surface area contributed by atoms with Crippen molar-refractivity contribution < 1.29 is 9.90 Å². The number of amides is 1. The van der Waals surface area contributed by atoms with E-state index in [1.54, 1.807) is 30.5 Å². The van der Waals surface area contributed by atoms with Crippen molar-refractivity contribution >= 4 is 11.7 Å². The number of hydrogen-bond donors (Lipinski definition) is 2. The maximum Gasteiger partial charge on any atom is 0.225 e. The zero-order valence-electron chi connectivity index (χ0n) is 13.1. The van der Waals surface area contributed by atoms with Gasteiger partial charge >= 0.3 is 0 Å². The van der Waals surface area contributed by atoms with E-state index in [-0.39, 0.29) is 11.7 Å². The monoisotopic (exact) mass is 299 g/mol. The van der Waals surface area contributed by atoms with Crippen LogP contribution in [-0.2, 0) is 11.2 Å². The van der Waals surface area contributed by atoms with Crippen molar-refractivity contribution in [3.05, 3.63) is 36.2 Å². The fraction of sp³-hybridized carbons (Fsp3) is 0.353. The molecule has 5 heteroatoms. The second-order valence-electron chi connectivity index (χ2n) is 5.60. The number of benzene rings is 1. The van der Waals surface area contributed by atoms with Crippen LogP contribution in [-0.4, -0.2) is 21.0 Å². The first-order valence-corrected chi connectivity index (χ1v) is 7.44. The molecule has 0 atom stereocenters. The molecule has 0 fully saturated rings. The molecule has 0 aliphatic heterocycles. The lowest BCUT2D eigenvalue weighted by atomic mass is 10.1. The SMILES string of the molecule is CCc1nc(-c2ccc(O)cc2)cnc1NC(=O)CC(C)C. The van der Waals surface area contributed by atoms with Gasteiger partial charge in [-0.1, -0.05) is 20.8 Å². The quantitative estimate of drug-likeness (QED) is 0.887. The topological polar surface area (TPSA) is 75.1 Å². The summed E-state index contributed by atoms with van der Waals surface area (Å²) in [5.41, 5.74) is 2.35. The van der Waals surface area contributed by atoms with Crippen LogP contribution in [0.5, 0.6) is 5.75 Å². The molecule has 1 aromatic carbocycles. The van der Waals surface area contributed by atoms with Crippen LogP contribution in [0.3, 0.4) is 0 Å². The third-order valence-electron chi connectivity index (χ3n) is 3.19. The Kier molecular flexibility index (Phi) is 5.09. The Morgan fingerprint density at radius 2 is 1.95 bits per heavy atom. The van der Waals surface area contributed by atoms with E-state index < -0.39 is 0 Å². The van der Waals surface area contributed by atoms with Crippen LogP contribution in [0.1, 0.15) is 32.9 Å². The Morgan fingerprint density at radius 1 is 1.27 bits per heavy atom. The summed E-state index contributed by atoms with van der Waals surface area (Å²) < 4.78 is 0. The zero-order chi connectivity index (χ0) is 16.1. The summed E-state index contributed by atoms with van der Waals surface area (Å²) in [6.45, 7) is 5.97. The number of anilines is 1. The number of rotatable bonds is 5. The van der Waals surface area contributed by atoms with Crippen LogP contribution in [0.4, 0.5) is 5.82 Å². The van der Waals surface area contributed by atoms with E-state index in [0.29, 0.717) is 24.6 Å². The Bertz CT molecular complexity index is 651. The minimum absolute atomic E-state index is 0.0450. The zero-order valence-corrected chi connectivity index (χ0v) is 13.1. The number of nitrogens with zero attached hydrogens (tertiary/aromatic N) is 2. The van der Waals surface area contributed by atoms with Crippen molar-refractivity contribution in [3.8, 4) is 17.0 Å². The Balaban J connectivity index is 2.24. The van der Waals surface area contributed by atoms with Crippen LogP contribution < -0.4 is 5.32 Å².